The van der Waals surface area contributed by atoms with Crippen molar-refractivity contribution in [3.63, 3.8) is 0 Å². The minimum absolute atomic E-state index is 0.00234. The summed E-state index contributed by atoms with van der Waals surface area (Å²) in [6.07, 6.45) is 5.62. The molecule has 0 spiro atoms. The summed E-state index contributed by atoms with van der Waals surface area (Å²) in [6, 6.07) is 6.70. The van der Waals surface area contributed by atoms with E-state index < -0.39 is 5.97 Å². The minimum Gasteiger partial charge on any atom is -0.478 e. The Morgan fingerprint density at radius 3 is 2.34 bits per heavy atom. The van der Waals surface area contributed by atoms with E-state index in [4.69, 9.17) is 4.98 Å². The molecule has 0 bridgehead atoms. The number of aromatic carboxylic acids is 1. The van der Waals surface area contributed by atoms with Gasteiger partial charge in [0, 0.05) is 21.4 Å². The van der Waals surface area contributed by atoms with Gasteiger partial charge < -0.3 is 5.11 Å². The first-order valence-corrected chi connectivity index (χ1v) is 10.4. The highest BCUT2D eigenvalue weighted by Crippen LogP contribution is 2.50. The fourth-order valence-electron chi connectivity index (χ4n) is 3.58. The maximum atomic E-state index is 11.2. The summed E-state index contributed by atoms with van der Waals surface area (Å²) in [5.41, 5.74) is 2.20. The predicted octanol–water partition coefficient (Wildman–Crippen LogP) is 6.06. The molecule has 6 heteroatoms. The van der Waals surface area contributed by atoms with Crippen LogP contribution in [-0.4, -0.2) is 22.8 Å². The Balaban J connectivity index is 2.19. The summed E-state index contributed by atoms with van der Waals surface area (Å²) < 4.78 is 0. The Bertz CT molecular complexity index is 951. The molecule has 1 aromatic carbocycles. The second-order valence-electron chi connectivity index (χ2n) is 8.55. The number of hydrogen-bond acceptors (Lipinski definition) is 5. The van der Waals surface area contributed by atoms with Crippen LogP contribution >= 0.6 is 11.3 Å². The molecule has 0 amide bonds. The number of aliphatic imine (C=N–C) groups is 1. The molecule has 1 aliphatic rings. The first-order valence-electron chi connectivity index (χ1n) is 9.55. The zero-order valence-corrected chi connectivity index (χ0v) is 18.2. The number of carbonyl (C=O) groups is 1. The minimum atomic E-state index is -0.958. The van der Waals surface area contributed by atoms with Gasteiger partial charge in [0.2, 0.25) is 0 Å². The molecule has 3 rings (SSSR count). The highest BCUT2D eigenvalue weighted by Gasteiger charge is 2.41. The van der Waals surface area contributed by atoms with Crippen molar-refractivity contribution >= 4 is 34.8 Å². The molecular formula is C23H27N3O2S. The van der Waals surface area contributed by atoms with E-state index in [1.54, 1.807) is 47.8 Å². The first-order chi connectivity index (χ1) is 13.6. The number of anilines is 2. The van der Waals surface area contributed by atoms with Gasteiger partial charge in [-0.25, -0.2) is 14.8 Å². The van der Waals surface area contributed by atoms with Crippen molar-refractivity contribution in [3.05, 3.63) is 65.0 Å². The third-order valence-corrected chi connectivity index (χ3v) is 6.87. The number of benzene rings is 1. The van der Waals surface area contributed by atoms with Crippen LogP contribution in [0.1, 0.15) is 61.5 Å². The van der Waals surface area contributed by atoms with E-state index in [0.717, 1.165) is 29.4 Å². The number of aromatic nitrogens is 1. The second kappa shape index (κ2) is 7.59. The fraction of sp³-hybridized carbons (Fsp3) is 0.348. The zero-order valence-electron chi connectivity index (χ0n) is 17.4. The highest BCUT2D eigenvalue weighted by molar-refractivity contribution is 7.16. The van der Waals surface area contributed by atoms with Gasteiger partial charge in [0.25, 0.3) is 0 Å². The largest absolute Gasteiger partial charge is 0.478 e. The SMILES string of the molecule is C=C/C=C(\N=C)N(c1ccc(C(=O)O)cc1)c1nc2c(s1)C(C)(C)CCC2(C)C. The number of nitrogens with zero attached hydrogens (tertiary/aromatic N) is 3. The Kier molecular flexibility index (Phi) is 5.50. The van der Waals surface area contributed by atoms with Crippen LogP contribution in [-0.2, 0) is 10.8 Å². The first kappa shape index (κ1) is 21.0. The van der Waals surface area contributed by atoms with Crippen LogP contribution < -0.4 is 4.90 Å². The lowest BCUT2D eigenvalue weighted by atomic mass is 9.69. The molecule has 0 atom stereocenters. The van der Waals surface area contributed by atoms with Gasteiger partial charge in [-0.05, 0) is 49.9 Å². The van der Waals surface area contributed by atoms with E-state index in [9.17, 15) is 9.90 Å². The molecular weight excluding hydrogens is 382 g/mol. The zero-order chi connectivity index (χ0) is 21.4. The van der Waals surface area contributed by atoms with Crippen molar-refractivity contribution in [3.8, 4) is 0 Å². The molecule has 152 valence electrons. The predicted molar refractivity (Wildman–Crippen MR) is 121 cm³/mol. The average Bonchev–Trinajstić information content (AvgIpc) is 3.13. The van der Waals surface area contributed by atoms with Crippen LogP contribution in [0.5, 0.6) is 0 Å². The molecule has 1 aromatic heterocycles. The van der Waals surface area contributed by atoms with E-state index in [1.807, 2.05) is 4.90 Å². The fourth-order valence-corrected chi connectivity index (χ4v) is 4.98. The summed E-state index contributed by atoms with van der Waals surface area (Å²) in [5.74, 6) is -0.371. The van der Waals surface area contributed by atoms with Gasteiger partial charge in [-0.15, -0.1) is 11.3 Å². The van der Waals surface area contributed by atoms with E-state index >= 15 is 0 Å². The van der Waals surface area contributed by atoms with Gasteiger partial charge >= 0.3 is 5.97 Å². The van der Waals surface area contributed by atoms with Crippen molar-refractivity contribution in [2.24, 2.45) is 4.99 Å². The Morgan fingerprint density at radius 1 is 1.21 bits per heavy atom. The van der Waals surface area contributed by atoms with Crippen molar-refractivity contribution in [2.45, 2.75) is 51.4 Å². The Morgan fingerprint density at radius 2 is 1.83 bits per heavy atom. The molecule has 0 saturated carbocycles. The van der Waals surface area contributed by atoms with Crippen molar-refractivity contribution in [1.82, 2.24) is 4.98 Å². The second-order valence-corrected chi connectivity index (χ2v) is 9.53. The molecule has 1 heterocycles. The van der Waals surface area contributed by atoms with Crippen molar-refractivity contribution < 1.29 is 9.90 Å². The third-order valence-electron chi connectivity index (χ3n) is 5.47. The molecule has 1 aliphatic carbocycles. The van der Waals surface area contributed by atoms with Crippen LogP contribution in [0.4, 0.5) is 10.8 Å². The number of allylic oxidation sites excluding steroid dienone is 2. The molecule has 29 heavy (non-hydrogen) atoms. The third kappa shape index (κ3) is 3.90. The number of rotatable bonds is 6. The van der Waals surface area contributed by atoms with Gasteiger partial charge in [0.1, 0.15) is 5.82 Å². The number of fused-ring (bicyclic) bond motifs is 1. The average molecular weight is 410 g/mol. The van der Waals surface area contributed by atoms with Crippen LogP contribution in [0, 0.1) is 0 Å². The summed E-state index contributed by atoms with van der Waals surface area (Å²) >= 11 is 1.66. The van der Waals surface area contributed by atoms with E-state index in [1.165, 1.54) is 4.88 Å². The molecule has 2 aromatic rings. The van der Waals surface area contributed by atoms with Crippen LogP contribution in [0.15, 0.2) is 53.8 Å². The van der Waals surface area contributed by atoms with Gasteiger partial charge in [0.05, 0.1) is 11.3 Å². The lowest BCUT2D eigenvalue weighted by molar-refractivity contribution is 0.0697. The van der Waals surface area contributed by atoms with Crippen LogP contribution in [0.25, 0.3) is 0 Å². The van der Waals surface area contributed by atoms with Crippen LogP contribution in [0.2, 0.25) is 0 Å². The van der Waals surface area contributed by atoms with E-state index in [-0.39, 0.29) is 16.4 Å². The molecule has 0 saturated heterocycles. The molecule has 1 N–H and O–H groups in total. The summed E-state index contributed by atoms with van der Waals surface area (Å²) in [7, 11) is 0. The van der Waals surface area contributed by atoms with Gasteiger partial charge in [-0.2, -0.15) is 0 Å². The molecule has 0 aliphatic heterocycles. The van der Waals surface area contributed by atoms with Gasteiger partial charge in [0.15, 0.2) is 5.13 Å². The van der Waals surface area contributed by atoms with Gasteiger partial charge in [-0.1, -0.05) is 40.3 Å². The maximum Gasteiger partial charge on any atom is 0.335 e. The lowest BCUT2D eigenvalue weighted by Gasteiger charge is -2.37. The Hall–Kier alpha value is -2.73. The van der Waals surface area contributed by atoms with E-state index in [2.05, 4.69) is 46.0 Å². The summed E-state index contributed by atoms with van der Waals surface area (Å²) in [6.45, 7) is 16.5. The number of hydrogen-bond donors (Lipinski definition) is 1. The van der Waals surface area contributed by atoms with Gasteiger partial charge in [-0.3, -0.25) is 4.90 Å². The quantitative estimate of drug-likeness (QED) is 0.465. The highest BCUT2D eigenvalue weighted by atomic mass is 32.1. The standard InChI is InChI=1S/C23H27N3O2S/c1-7-8-17(24-6)26(16-11-9-15(10-12-16)20(27)28)21-25-18-19(29-21)23(4,5)14-13-22(18,2)3/h7-12H,1,6,13-14H2,2-5H3,(H,27,28)/b17-8+. The number of carboxylic acid groups (broad SMARTS) is 1. The normalized spacial score (nSPS) is 17.3. The smallest absolute Gasteiger partial charge is 0.335 e. The molecule has 0 radical (unpaired) electrons. The molecule has 5 nitrogen and oxygen atoms in total. The van der Waals surface area contributed by atoms with Crippen molar-refractivity contribution in [2.75, 3.05) is 4.90 Å². The topological polar surface area (TPSA) is 65.8 Å². The monoisotopic (exact) mass is 409 g/mol. The Labute approximate surface area is 176 Å². The lowest BCUT2D eigenvalue weighted by Crippen LogP contribution is -2.32. The number of thiazole rings is 1. The summed E-state index contributed by atoms with van der Waals surface area (Å²) in [5, 5.41) is 10.0. The molecule has 0 unspecified atom stereocenters. The van der Waals surface area contributed by atoms with E-state index in [0.29, 0.717) is 5.82 Å². The van der Waals surface area contributed by atoms with Crippen molar-refractivity contribution in [1.29, 1.82) is 0 Å². The molecule has 0 fully saturated rings. The van der Waals surface area contributed by atoms with Crippen LogP contribution in [0.3, 0.4) is 0 Å². The maximum absolute atomic E-state index is 11.2. The number of carboxylic acids is 1. The summed E-state index contributed by atoms with van der Waals surface area (Å²) in [4.78, 5) is 23.7.